The van der Waals surface area contributed by atoms with Crippen LogP contribution in [0.2, 0.25) is 0 Å². The van der Waals surface area contributed by atoms with Crippen LogP contribution in [-0.2, 0) is 0 Å². The van der Waals surface area contributed by atoms with Crippen molar-refractivity contribution in [2.75, 3.05) is 0 Å². The summed E-state index contributed by atoms with van der Waals surface area (Å²) in [6, 6.07) is 8.07. The lowest BCUT2D eigenvalue weighted by atomic mass is 9.98. The Morgan fingerprint density at radius 3 is 2.56 bits per heavy atom. The SMILES string of the molecule is O=Cc1c(O)cc2ccccc2c1C(=O)O. The van der Waals surface area contributed by atoms with Crippen LogP contribution >= 0.6 is 0 Å². The number of fused-ring (bicyclic) bond motifs is 1. The standard InChI is InChI=1S/C12H8O4/c13-6-9-10(14)5-7-3-1-2-4-8(7)11(9)12(15)16/h1-6,14H,(H,15,16). The van der Waals surface area contributed by atoms with Gasteiger partial charge in [-0.1, -0.05) is 24.3 Å². The molecule has 2 aromatic carbocycles. The molecule has 4 heteroatoms. The van der Waals surface area contributed by atoms with E-state index in [2.05, 4.69) is 0 Å². The van der Waals surface area contributed by atoms with E-state index in [1.807, 2.05) is 0 Å². The summed E-state index contributed by atoms with van der Waals surface area (Å²) in [5.74, 6) is -1.54. The Balaban J connectivity index is 2.98. The van der Waals surface area contributed by atoms with Crippen molar-refractivity contribution in [2.24, 2.45) is 0 Å². The Morgan fingerprint density at radius 1 is 1.25 bits per heavy atom. The van der Waals surface area contributed by atoms with Gasteiger partial charge in [0.1, 0.15) is 5.75 Å². The summed E-state index contributed by atoms with van der Waals surface area (Å²) in [5, 5.41) is 19.6. The fourth-order valence-electron chi connectivity index (χ4n) is 1.70. The molecule has 0 saturated heterocycles. The number of carbonyl (C=O) groups excluding carboxylic acids is 1. The fourth-order valence-corrected chi connectivity index (χ4v) is 1.70. The van der Waals surface area contributed by atoms with E-state index in [1.54, 1.807) is 24.3 Å². The number of rotatable bonds is 2. The lowest BCUT2D eigenvalue weighted by Crippen LogP contribution is -2.03. The van der Waals surface area contributed by atoms with Gasteiger partial charge < -0.3 is 10.2 Å². The summed E-state index contributed by atoms with van der Waals surface area (Å²) in [5.41, 5.74) is -0.350. The number of phenols is 1. The van der Waals surface area contributed by atoms with Crippen LogP contribution in [-0.4, -0.2) is 22.5 Å². The fraction of sp³-hybridized carbons (Fsp3) is 0. The zero-order chi connectivity index (χ0) is 11.7. The van der Waals surface area contributed by atoms with Gasteiger partial charge in [0.05, 0.1) is 11.1 Å². The summed E-state index contributed by atoms with van der Waals surface area (Å²) in [4.78, 5) is 21.8. The third kappa shape index (κ3) is 1.40. The molecule has 0 aromatic heterocycles. The molecule has 0 unspecified atom stereocenters. The number of phenolic OH excluding ortho intramolecular Hbond substituents is 1. The van der Waals surface area contributed by atoms with Crippen molar-refractivity contribution in [1.29, 1.82) is 0 Å². The Morgan fingerprint density at radius 2 is 1.94 bits per heavy atom. The quantitative estimate of drug-likeness (QED) is 0.753. The highest BCUT2D eigenvalue weighted by molar-refractivity contribution is 6.11. The van der Waals surface area contributed by atoms with Gasteiger partial charge in [-0.25, -0.2) is 4.79 Å². The molecule has 0 heterocycles. The lowest BCUT2D eigenvalue weighted by molar-refractivity contribution is 0.0695. The monoisotopic (exact) mass is 216 g/mol. The van der Waals surface area contributed by atoms with E-state index in [0.717, 1.165) is 0 Å². The van der Waals surface area contributed by atoms with E-state index < -0.39 is 5.97 Å². The third-order valence-corrected chi connectivity index (χ3v) is 2.40. The van der Waals surface area contributed by atoms with Crippen molar-refractivity contribution < 1.29 is 19.8 Å². The van der Waals surface area contributed by atoms with E-state index in [1.165, 1.54) is 6.07 Å². The highest BCUT2D eigenvalue weighted by Gasteiger charge is 2.17. The summed E-state index contributed by atoms with van der Waals surface area (Å²) in [7, 11) is 0. The number of carboxylic acids is 1. The van der Waals surface area contributed by atoms with Gasteiger partial charge in [-0.05, 0) is 16.8 Å². The average Bonchev–Trinajstić information content (AvgIpc) is 2.26. The predicted octanol–water partition coefficient (Wildman–Crippen LogP) is 2.06. The normalized spacial score (nSPS) is 10.2. The van der Waals surface area contributed by atoms with E-state index in [4.69, 9.17) is 5.11 Å². The maximum Gasteiger partial charge on any atom is 0.337 e. The van der Waals surface area contributed by atoms with Crippen molar-refractivity contribution in [3.05, 3.63) is 41.5 Å². The molecule has 0 aliphatic heterocycles. The first-order valence-electron chi connectivity index (χ1n) is 4.58. The van der Waals surface area contributed by atoms with Gasteiger partial charge in [0.15, 0.2) is 6.29 Å². The number of benzene rings is 2. The van der Waals surface area contributed by atoms with Crippen molar-refractivity contribution in [3.63, 3.8) is 0 Å². The van der Waals surface area contributed by atoms with Crippen LogP contribution in [0.4, 0.5) is 0 Å². The van der Waals surface area contributed by atoms with Crippen molar-refractivity contribution >= 4 is 23.0 Å². The van der Waals surface area contributed by atoms with Gasteiger partial charge in [-0.2, -0.15) is 0 Å². The zero-order valence-electron chi connectivity index (χ0n) is 8.18. The Hall–Kier alpha value is -2.36. The molecule has 0 amide bonds. The minimum absolute atomic E-state index is 0.161. The molecule has 2 N–H and O–H groups in total. The molecule has 16 heavy (non-hydrogen) atoms. The molecule has 80 valence electrons. The second-order valence-corrected chi connectivity index (χ2v) is 3.33. The van der Waals surface area contributed by atoms with Gasteiger partial charge in [0, 0.05) is 0 Å². The Bertz CT molecular complexity index is 587. The second kappa shape index (κ2) is 3.66. The number of aldehydes is 1. The van der Waals surface area contributed by atoms with E-state index in [-0.39, 0.29) is 16.9 Å². The molecular formula is C12H8O4. The van der Waals surface area contributed by atoms with Crippen LogP contribution in [0.25, 0.3) is 10.8 Å². The number of aromatic carboxylic acids is 1. The molecule has 0 aliphatic carbocycles. The summed E-state index contributed by atoms with van der Waals surface area (Å²) >= 11 is 0. The number of hydrogen-bond acceptors (Lipinski definition) is 3. The van der Waals surface area contributed by atoms with Crippen LogP contribution in [0.15, 0.2) is 30.3 Å². The number of carboxylic acid groups (broad SMARTS) is 1. The molecule has 0 aliphatic rings. The topological polar surface area (TPSA) is 74.6 Å². The lowest BCUT2D eigenvalue weighted by Gasteiger charge is -2.07. The van der Waals surface area contributed by atoms with Gasteiger partial charge in [-0.15, -0.1) is 0 Å². The number of aromatic hydroxyl groups is 1. The van der Waals surface area contributed by atoms with Crippen LogP contribution < -0.4 is 0 Å². The number of hydrogen-bond donors (Lipinski definition) is 2. The molecule has 2 aromatic rings. The van der Waals surface area contributed by atoms with Crippen molar-refractivity contribution in [2.45, 2.75) is 0 Å². The summed E-state index contributed by atoms with van der Waals surface area (Å²) in [6.07, 6.45) is 0.352. The van der Waals surface area contributed by atoms with Crippen molar-refractivity contribution in [1.82, 2.24) is 0 Å². The Labute approximate surface area is 90.8 Å². The zero-order valence-corrected chi connectivity index (χ0v) is 8.18. The molecule has 2 rings (SSSR count). The number of carbonyl (C=O) groups is 2. The molecular weight excluding hydrogens is 208 g/mol. The molecule has 0 saturated carbocycles. The van der Waals surface area contributed by atoms with Crippen LogP contribution in [0.5, 0.6) is 5.75 Å². The molecule has 0 atom stereocenters. The first-order valence-corrected chi connectivity index (χ1v) is 4.58. The molecule has 4 nitrogen and oxygen atoms in total. The van der Waals surface area contributed by atoms with Gasteiger partial charge in [-0.3, -0.25) is 4.79 Å². The summed E-state index contributed by atoms with van der Waals surface area (Å²) in [6.45, 7) is 0. The van der Waals surface area contributed by atoms with Gasteiger partial charge in [0.25, 0.3) is 0 Å². The first kappa shape index (κ1) is 10.2. The average molecular weight is 216 g/mol. The van der Waals surface area contributed by atoms with Crippen LogP contribution in [0.1, 0.15) is 20.7 Å². The Kier molecular flexibility index (Phi) is 2.32. The molecule has 0 fully saturated rings. The third-order valence-electron chi connectivity index (χ3n) is 2.40. The minimum atomic E-state index is -1.23. The van der Waals surface area contributed by atoms with Crippen molar-refractivity contribution in [3.8, 4) is 5.75 Å². The molecule has 0 spiro atoms. The maximum atomic E-state index is 11.1. The smallest absolute Gasteiger partial charge is 0.337 e. The van der Waals surface area contributed by atoms with Gasteiger partial charge in [0.2, 0.25) is 0 Å². The summed E-state index contributed by atoms with van der Waals surface area (Å²) < 4.78 is 0. The van der Waals surface area contributed by atoms with E-state index >= 15 is 0 Å². The van der Waals surface area contributed by atoms with Crippen LogP contribution in [0, 0.1) is 0 Å². The first-order chi connectivity index (χ1) is 7.65. The largest absolute Gasteiger partial charge is 0.507 e. The predicted molar refractivity (Wildman–Crippen MR) is 58.0 cm³/mol. The van der Waals surface area contributed by atoms with E-state index in [0.29, 0.717) is 17.1 Å². The van der Waals surface area contributed by atoms with Crippen LogP contribution in [0.3, 0.4) is 0 Å². The minimum Gasteiger partial charge on any atom is -0.507 e. The highest BCUT2D eigenvalue weighted by atomic mass is 16.4. The molecule has 0 bridgehead atoms. The van der Waals surface area contributed by atoms with Gasteiger partial charge >= 0.3 is 5.97 Å². The molecule has 0 radical (unpaired) electrons. The highest BCUT2D eigenvalue weighted by Crippen LogP contribution is 2.29. The maximum absolute atomic E-state index is 11.1. The second-order valence-electron chi connectivity index (χ2n) is 3.33. The van der Waals surface area contributed by atoms with E-state index in [9.17, 15) is 14.7 Å².